The zero-order valence-electron chi connectivity index (χ0n) is 12.8. The smallest absolute Gasteiger partial charge is 0.165 e. The number of hydrogen-bond acceptors (Lipinski definition) is 1. The van der Waals surface area contributed by atoms with E-state index in [-0.39, 0.29) is 16.6 Å². The number of fused-ring (bicyclic) bond motifs is 2. The van der Waals surface area contributed by atoms with Crippen LogP contribution in [0.15, 0.2) is 23.8 Å². The molecule has 0 heterocycles. The molecule has 3 heteroatoms. The molecule has 2 bridgehead atoms. The molecule has 0 aliphatic heterocycles. The van der Waals surface area contributed by atoms with Crippen LogP contribution in [0, 0.1) is 22.7 Å². The predicted octanol–water partition coefficient (Wildman–Crippen LogP) is 5.65. The minimum absolute atomic E-state index is 0.183. The normalized spacial score (nSPS) is 31.1. The average Bonchev–Trinajstić information content (AvgIpc) is 2.36. The third-order valence-corrected chi connectivity index (χ3v) is 6.20. The summed E-state index contributed by atoms with van der Waals surface area (Å²) in [5, 5.41) is 1.21. The first kappa shape index (κ1) is 15.1. The molecule has 0 N–H and O–H groups in total. The number of allylic oxidation sites excluding steroid dienone is 1. The summed E-state index contributed by atoms with van der Waals surface area (Å²) in [5.74, 6) is 1.09. The van der Waals surface area contributed by atoms with Gasteiger partial charge in [0.2, 0.25) is 0 Å². The minimum Gasteiger partial charge on any atom is -0.294 e. The first-order valence-corrected chi connectivity index (χ1v) is 8.12. The monoisotopic (exact) mass is 322 g/mol. The summed E-state index contributed by atoms with van der Waals surface area (Å²) in [4.78, 5) is 12.8. The van der Waals surface area contributed by atoms with Crippen LogP contribution < -0.4 is 0 Å². The molecular formula is C18H20Cl2O. The highest BCUT2D eigenvalue weighted by Gasteiger charge is 2.63. The minimum atomic E-state index is -0.289. The highest BCUT2D eigenvalue weighted by atomic mass is 35.5. The van der Waals surface area contributed by atoms with Crippen LogP contribution in [0.2, 0.25) is 10.0 Å². The Balaban J connectivity index is 2.08. The Morgan fingerprint density at radius 3 is 2.43 bits per heavy atom. The Kier molecular flexibility index (Phi) is 3.31. The molecule has 0 saturated heterocycles. The fourth-order valence-corrected chi connectivity index (χ4v) is 4.78. The van der Waals surface area contributed by atoms with Crippen molar-refractivity contribution in [1.82, 2.24) is 0 Å². The number of halogens is 2. The van der Waals surface area contributed by atoms with E-state index in [0.29, 0.717) is 21.9 Å². The predicted molar refractivity (Wildman–Crippen MR) is 88.6 cm³/mol. The third kappa shape index (κ3) is 2.09. The molecule has 0 aromatic heterocycles. The first-order valence-electron chi connectivity index (χ1n) is 7.37. The van der Waals surface area contributed by atoms with Gasteiger partial charge in [0.25, 0.3) is 0 Å². The van der Waals surface area contributed by atoms with Gasteiger partial charge >= 0.3 is 0 Å². The van der Waals surface area contributed by atoms with E-state index in [1.165, 1.54) is 0 Å². The van der Waals surface area contributed by atoms with Crippen LogP contribution in [0.5, 0.6) is 0 Å². The van der Waals surface area contributed by atoms with Gasteiger partial charge in [0.05, 0.1) is 0 Å². The van der Waals surface area contributed by atoms with Crippen LogP contribution in [0.3, 0.4) is 0 Å². The zero-order valence-corrected chi connectivity index (χ0v) is 14.3. The van der Waals surface area contributed by atoms with Crippen molar-refractivity contribution in [2.75, 3.05) is 0 Å². The van der Waals surface area contributed by atoms with Crippen LogP contribution in [0.1, 0.15) is 39.7 Å². The van der Waals surface area contributed by atoms with Crippen molar-refractivity contribution in [3.05, 3.63) is 39.4 Å². The summed E-state index contributed by atoms with van der Waals surface area (Å²) >= 11 is 12.2. The molecule has 21 heavy (non-hydrogen) atoms. The lowest BCUT2D eigenvalue weighted by Crippen LogP contribution is -2.61. The molecule has 2 atom stereocenters. The number of Topliss-reactive ketones (excluding diaryl/α,β-unsaturated/α-hetero) is 1. The standard InChI is InChI=1S/C18H20Cl2O/c1-17(2)13-9-15(17)18(3,4)16(21)12(13)7-10-5-6-11(19)8-14(10)20/h5-8,13,15H,9H2,1-4H3/b12-7-/t13-,15+/m1/s1. The Bertz CT molecular complexity index is 655. The zero-order chi connectivity index (χ0) is 15.6. The van der Waals surface area contributed by atoms with Gasteiger partial charge in [0.1, 0.15) is 0 Å². The molecule has 3 aliphatic carbocycles. The molecular weight excluding hydrogens is 303 g/mol. The van der Waals surface area contributed by atoms with Gasteiger partial charge in [0, 0.05) is 15.5 Å². The molecule has 3 saturated carbocycles. The molecule has 1 nitrogen and oxygen atoms in total. The Hall–Kier alpha value is -0.790. The maximum atomic E-state index is 12.8. The number of carbonyl (C=O) groups is 1. The second-order valence-electron chi connectivity index (χ2n) is 7.48. The molecule has 3 fully saturated rings. The summed E-state index contributed by atoms with van der Waals surface area (Å²) in [6, 6.07) is 5.42. The number of benzene rings is 1. The van der Waals surface area contributed by atoms with Gasteiger partial charge in [-0.2, -0.15) is 0 Å². The van der Waals surface area contributed by atoms with E-state index >= 15 is 0 Å². The molecule has 112 valence electrons. The first-order chi connectivity index (χ1) is 9.65. The molecule has 1 aromatic carbocycles. The van der Waals surface area contributed by atoms with Crippen LogP contribution in [-0.2, 0) is 4.79 Å². The maximum Gasteiger partial charge on any atom is 0.165 e. The lowest BCUT2D eigenvalue weighted by molar-refractivity contribution is -0.155. The molecule has 3 aliphatic rings. The summed E-state index contributed by atoms with van der Waals surface area (Å²) in [6.45, 7) is 8.71. The van der Waals surface area contributed by atoms with Gasteiger partial charge in [-0.3, -0.25) is 4.79 Å². The lowest BCUT2D eigenvalue weighted by Gasteiger charge is -2.63. The van der Waals surface area contributed by atoms with E-state index in [1.807, 2.05) is 18.2 Å². The highest BCUT2D eigenvalue weighted by molar-refractivity contribution is 6.35. The van der Waals surface area contributed by atoms with Gasteiger partial charge in [-0.05, 0) is 53.0 Å². The molecule has 0 unspecified atom stereocenters. The van der Waals surface area contributed by atoms with Gasteiger partial charge in [0.15, 0.2) is 5.78 Å². The van der Waals surface area contributed by atoms with Gasteiger partial charge < -0.3 is 0 Å². The third-order valence-electron chi connectivity index (χ3n) is 5.64. The van der Waals surface area contributed by atoms with Crippen LogP contribution in [0.4, 0.5) is 0 Å². The van der Waals surface area contributed by atoms with Gasteiger partial charge in [-0.25, -0.2) is 0 Å². The van der Waals surface area contributed by atoms with Crippen molar-refractivity contribution in [3.8, 4) is 0 Å². The van der Waals surface area contributed by atoms with E-state index in [1.54, 1.807) is 6.07 Å². The van der Waals surface area contributed by atoms with Crippen molar-refractivity contribution in [2.24, 2.45) is 22.7 Å². The van der Waals surface area contributed by atoms with E-state index < -0.39 is 0 Å². The van der Waals surface area contributed by atoms with Crippen LogP contribution in [0.25, 0.3) is 6.08 Å². The van der Waals surface area contributed by atoms with Gasteiger partial charge in [-0.1, -0.05) is 57.0 Å². The van der Waals surface area contributed by atoms with Crippen molar-refractivity contribution in [2.45, 2.75) is 34.1 Å². The Labute approximate surface area is 136 Å². The van der Waals surface area contributed by atoms with Crippen molar-refractivity contribution in [3.63, 3.8) is 0 Å². The lowest BCUT2D eigenvalue weighted by atomic mass is 9.40. The maximum absolute atomic E-state index is 12.8. The van der Waals surface area contributed by atoms with Crippen molar-refractivity contribution >= 4 is 35.1 Å². The fraction of sp³-hybridized carbons (Fsp3) is 0.500. The summed E-state index contributed by atoms with van der Waals surface area (Å²) < 4.78 is 0. The van der Waals surface area contributed by atoms with Crippen LogP contribution in [-0.4, -0.2) is 5.78 Å². The van der Waals surface area contributed by atoms with Crippen LogP contribution >= 0.6 is 23.2 Å². The molecule has 4 rings (SSSR count). The number of hydrogen-bond donors (Lipinski definition) is 0. The molecule has 0 radical (unpaired) electrons. The Morgan fingerprint density at radius 2 is 1.86 bits per heavy atom. The Morgan fingerprint density at radius 1 is 1.19 bits per heavy atom. The average molecular weight is 323 g/mol. The van der Waals surface area contributed by atoms with Crippen molar-refractivity contribution < 1.29 is 4.79 Å². The van der Waals surface area contributed by atoms with Crippen molar-refractivity contribution in [1.29, 1.82) is 0 Å². The summed E-state index contributed by atoms with van der Waals surface area (Å²) in [6.07, 6.45) is 3.08. The van der Waals surface area contributed by atoms with E-state index in [4.69, 9.17) is 23.2 Å². The number of ketones is 1. The fourth-order valence-electron chi connectivity index (χ4n) is 4.32. The van der Waals surface area contributed by atoms with E-state index in [2.05, 4.69) is 27.7 Å². The van der Waals surface area contributed by atoms with E-state index in [9.17, 15) is 4.79 Å². The molecule has 0 spiro atoms. The molecule has 0 amide bonds. The van der Waals surface area contributed by atoms with E-state index in [0.717, 1.165) is 17.6 Å². The number of rotatable bonds is 1. The largest absolute Gasteiger partial charge is 0.294 e. The second kappa shape index (κ2) is 4.60. The van der Waals surface area contributed by atoms with Gasteiger partial charge in [-0.15, -0.1) is 0 Å². The second-order valence-corrected chi connectivity index (χ2v) is 8.32. The molecule has 1 aromatic rings. The summed E-state index contributed by atoms with van der Waals surface area (Å²) in [5.41, 5.74) is 1.70. The highest BCUT2D eigenvalue weighted by Crippen LogP contribution is 2.66. The summed E-state index contributed by atoms with van der Waals surface area (Å²) in [7, 11) is 0. The number of carbonyl (C=O) groups excluding carboxylic acids is 1. The SMILES string of the molecule is CC1(C)C(=O)/C(=C\c2ccc(Cl)cc2Cl)[C@H]2C[C@H]1C2(C)C. The topological polar surface area (TPSA) is 17.1 Å². The quantitative estimate of drug-likeness (QED) is 0.611.